The Morgan fingerprint density at radius 1 is 1.19 bits per heavy atom. The van der Waals surface area contributed by atoms with Crippen LogP contribution in [0.25, 0.3) is 0 Å². The first kappa shape index (κ1) is 20.7. The molecule has 0 atom stereocenters. The molecule has 2 amide bonds. The van der Waals surface area contributed by atoms with Gasteiger partial charge in [0.05, 0.1) is 12.1 Å². The molecule has 168 valence electrons. The van der Waals surface area contributed by atoms with Crippen molar-refractivity contribution in [2.24, 2.45) is 0 Å². The van der Waals surface area contributed by atoms with Gasteiger partial charge >= 0.3 is 0 Å². The van der Waals surface area contributed by atoms with Gasteiger partial charge in [-0.1, -0.05) is 0 Å². The van der Waals surface area contributed by atoms with Crippen LogP contribution < -0.4 is 9.64 Å². The van der Waals surface area contributed by atoms with Gasteiger partial charge in [-0.15, -0.1) is 0 Å². The van der Waals surface area contributed by atoms with Gasteiger partial charge in [0.25, 0.3) is 17.7 Å². The maximum atomic E-state index is 13.4. The minimum Gasteiger partial charge on any atom is -0.488 e. The highest BCUT2D eigenvalue weighted by molar-refractivity contribution is 5.99. The number of alkyl halides is 2. The number of fused-ring (bicyclic) bond motifs is 2. The Kier molecular flexibility index (Phi) is 4.98. The minimum absolute atomic E-state index is 0.0263. The molecule has 7 nitrogen and oxygen atoms in total. The molecular weight excluding hydrogens is 418 g/mol. The lowest BCUT2D eigenvalue weighted by Crippen LogP contribution is -2.42. The summed E-state index contributed by atoms with van der Waals surface area (Å²) in [6.45, 7) is 4.26. The molecule has 0 N–H and O–H groups in total. The van der Waals surface area contributed by atoms with E-state index in [4.69, 9.17) is 4.74 Å². The summed E-state index contributed by atoms with van der Waals surface area (Å²) in [7, 11) is 0. The molecule has 3 aliphatic heterocycles. The van der Waals surface area contributed by atoms with Crippen LogP contribution in [0, 0.1) is 0 Å². The van der Waals surface area contributed by atoms with Crippen molar-refractivity contribution in [1.82, 2.24) is 14.8 Å². The Hall–Kier alpha value is -3.23. The average Bonchev–Trinajstić information content (AvgIpc) is 3.12. The fraction of sp³-hybridized carbons (Fsp3) is 0.435. The number of carbonyl (C=O) groups excluding carboxylic acids is 2. The van der Waals surface area contributed by atoms with Crippen LogP contribution in [0.2, 0.25) is 0 Å². The number of carbonyl (C=O) groups is 2. The summed E-state index contributed by atoms with van der Waals surface area (Å²) < 4.78 is 32.6. The van der Waals surface area contributed by atoms with E-state index in [1.165, 1.54) is 11.1 Å². The van der Waals surface area contributed by atoms with Gasteiger partial charge in [-0.3, -0.25) is 9.59 Å². The van der Waals surface area contributed by atoms with Crippen molar-refractivity contribution >= 4 is 23.3 Å². The van der Waals surface area contributed by atoms with Crippen LogP contribution in [-0.2, 0) is 6.54 Å². The highest BCUT2D eigenvalue weighted by Crippen LogP contribution is 2.37. The van der Waals surface area contributed by atoms with E-state index < -0.39 is 5.92 Å². The SMILES string of the molecule is CCN1Cc2cc(N3CCOc4cc(C(=O)N5CCC(F)(F)CC5)cnc43)ccc2C1=O. The number of ether oxygens (including phenoxy) is 1. The molecule has 2 aromatic rings. The summed E-state index contributed by atoms with van der Waals surface area (Å²) in [5.41, 5.74) is 2.94. The fourth-order valence-corrected chi connectivity index (χ4v) is 4.48. The third kappa shape index (κ3) is 3.55. The summed E-state index contributed by atoms with van der Waals surface area (Å²) in [6, 6.07) is 7.40. The number of benzene rings is 1. The van der Waals surface area contributed by atoms with Gasteiger partial charge in [0.15, 0.2) is 11.6 Å². The summed E-state index contributed by atoms with van der Waals surface area (Å²) in [5.74, 6) is -1.89. The smallest absolute Gasteiger partial charge is 0.255 e. The Labute approximate surface area is 184 Å². The molecule has 1 saturated heterocycles. The van der Waals surface area contributed by atoms with Crippen molar-refractivity contribution in [1.29, 1.82) is 0 Å². The normalized spacial score (nSPS) is 19.5. The van der Waals surface area contributed by atoms with Crippen molar-refractivity contribution in [3.63, 3.8) is 0 Å². The molecule has 0 saturated carbocycles. The minimum atomic E-state index is -2.71. The lowest BCUT2D eigenvalue weighted by molar-refractivity contribution is -0.0494. The molecular formula is C23H24F2N4O3. The van der Waals surface area contributed by atoms with E-state index in [1.54, 1.807) is 11.0 Å². The zero-order chi connectivity index (χ0) is 22.5. The number of anilines is 2. The number of rotatable bonds is 3. The maximum absolute atomic E-state index is 13.4. The first-order chi connectivity index (χ1) is 15.4. The van der Waals surface area contributed by atoms with Crippen molar-refractivity contribution in [3.8, 4) is 5.75 Å². The van der Waals surface area contributed by atoms with Gasteiger partial charge in [-0.05, 0) is 36.8 Å². The van der Waals surface area contributed by atoms with E-state index in [9.17, 15) is 18.4 Å². The van der Waals surface area contributed by atoms with Crippen LogP contribution in [0.3, 0.4) is 0 Å². The first-order valence-corrected chi connectivity index (χ1v) is 10.9. The van der Waals surface area contributed by atoms with Gasteiger partial charge in [0, 0.05) is 56.5 Å². The van der Waals surface area contributed by atoms with E-state index in [2.05, 4.69) is 4.98 Å². The molecule has 5 rings (SSSR count). The Morgan fingerprint density at radius 2 is 1.97 bits per heavy atom. The largest absolute Gasteiger partial charge is 0.488 e. The van der Waals surface area contributed by atoms with Gasteiger partial charge in [0.1, 0.15) is 6.61 Å². The number of amides is 2. The molecule has 9 heteroatoms. The topological polar surface area (TPSA) is 66.0 Å². The van der Waals surface area contributed by atoms with E-state index in [-0.39, 0.29) is 37.7 Å². The Morgan fingerprint density at radius 3 is 2.72 bits per heavy atom. The molecule has 1 aromatic heterocycles. The molecule has 4 heterocycles. The number of piperidine rings is 1. The lowest BCUT2D eigenvalue weighted by atomic mass is 10.1. The predicted molar refractivity (Wildman–Crippen MR) is 114 cm³/mol. The summed E-state index contributed by atoms with van der Waals surface area (Å²) >= 11 is 0. The van der Waals surface area contributed by atoms with Gasteiger partial charge in [-0.25, -0.2) is 13.8 Å². The van der Waals surface area contributed by atoms with E-state index in [0.717, 1.165) is 16.8 Å². The number of likely N-dealkylation sites (tertiary alicyclic amines) is 1. The third-order valence-corrected chi connectivity index (χ3v) is 6.35. The average molecular weight is 442 g/mol. The van der Waals surface area contributed by atoms with Crippen molar-refractivity contribution < 1.29 is 23.1 Å². The maximum Gasteiger partial charge on any atom is 0.255 e. The quantitative estimate of drug-likeness (QED) is 0.729. The molecule has 0 unspecified atom stereocenters. The molecule has 1 aromatic carbocycles. The molecule has 3 aliphatic rings. The van der Waals surface area contributed by atoms with Crippen LogP contribution in [0.15, 0.2) is 30.5 Å². The number of pyridine rings is 1. The monoisotopic (exact) mass is 442 g/mol. The highest BCUT2D eigenvalue weighted by atomic mass is 19.3. The molecule has 0 aliphatic carbocycles. The second-order valence-corrected chi connectivity index (χ2v) is 8.35. The summed E-state index contributed by atoms with van der Waals surface area (Å²) in [6.07, 6.45) is 0.834. The standard InChI is InChI=1S/C23H24F2N4O3/c1-2-27-14-16-11-17(3-4-18(16)22(27)31)29-9-10-32-19-12-15(13-26-20(19)29)21(30)28-7-5-23(24,25)6-8-28/h3-4,11-13H,2,5-10,14H2,1H3. The summed E-state index contributed by atoms with van der Waals surface area (Å²) in [5, 5.41) is 0. The van der Waals surface area contributed by atoms with Gasteiger partial charge in [-0.2, -0.15) is 0 Å². The molecule has 0 spiro atoms. The van der Waals surface area contributed by atoms with E-state index in [0.29, 0.717) is 43.4 Å². The Bertz CT molecular complexity index is 1080. The van der Waals surface area contributed by atoms with Gasteiger partial charge in [0.2, 0.25) is 0 Å². The molecule has 0 bridgehead atoms. The van der Waals surface area contributed by atoms with Crippen molar-refractivity contribution in [2.45, 2.75) is 32.2 Å². The van der Waals surface area contributed by atoms with Crippen LogP contribution in [-0.4, -0.2) is 65.3 Å². The van der Waals surface area contributed by atoms with E-state index in [1.807, 2.05) is 30.0 Å². The zero-order valence-corrected chi connectivity index (χ0v) is 17.8. The number of nitrogens with zero attached hydrogens (tertiary/aromatic N) is 4. The molecule has 0 radical (unpaired) electrons. The van der Waals surface area contributed by atoms with Crippen molar-refractivity contribution in [3.05, 3.63) is 47.2 Å². The lowest BCUT2D eigenvalue weighted by Gasteiger charge is -2.33. The third-order valence-electron chi connectivity index (χ3n) is 6.35. The number of halogens is 2. The predicted octanol–water partition coefficient (Wildman–Crippen LogP) is 3.46. The zero-order valence-electron chi connectivity index (χ0n) is 17.8. The number of hydrogen-bond donors (Lipinski definition) is 0. The van der Waals surface area contributed by atoms with Crippen molar-refractivity contribution in [2.75, 3.05) is 37.7 Å². The second kappa shape index (κ2) is 7.72. The summed E-state index contributed by atoms with van der Waals surface area (Å²) in [4.78, 5) is 34.9. The van der Waals surface area contributed by atoms with Crippen LogP contribution in [0.5, 0.6) is 5.75 Å². The fourth-order valence-electron chi connectivity index (χ4n) is 4.48. The van der Waals surface area contributed by atoms with Crippen LogP contribution >= 0.6 is 0 Å². The van der Waals surface area contributed by atoms with Crippen LogP contribution in [0.4, 0.5) is 20.3 Å². The van der Waals surface area contributed by atoms with Gasteiger partial charge < -0.3 is 19.4 Å². The first-order valence-electron chi connectivity index (χ1n) is 10.9. The van der Waals surface area contributed by atoms with Crippen LogP contribution in [0.1, 0.15) is 46.0 Å². The van der Waals surface area contributed by atoms with E-state index >= 15 is 0 Å². The number of aromatic nitrogens is 1. The highest BCUT2D eigenvalue weighted by Gasteiger charge is 2.36. The molecule has 1 fully saturated rings. The number of hydrogen-bond acceptors (Lipinski definition) is 5. The Balaban J connectivity index is 1.39. The second-order valence-electron chi connectivity index (χ2n) is 8.35. The molecule has 32 heavy (non-hydrogen) atoms.